The van der Waals surface area contributed by atoms with Gasteiger partial charge in [-0.25, -0.2) is 9.59 Å². The fourth-order valence-electron chi connectivity index (χ4n) is 2.86. The summed E-state index contributed by atoms with van der Waals surface area (Å²) >= 11 is 0. The summed E-state index contributed by atoms with van der Waals surface area (Å²) < 4.78 is 10.8. The molecule has 2 rings (SSSR count). The van der Waals surface area contributed by atoms with Gasteiger partial charge in [0.15, 0.2) is 0 Å². The number of aliphatic imine (C=N–C) groups is 1. The molecule has 0 spiro atoms. The first kappa shape index (κ1) is 23.3. The van der Waals surface area contributed by atoms with Crippen LogP contribution in [0.25, 0.3) is 0 Å². The average molecular weight is 410 g/mol. The molecule has 2 aromatic carbocycles. The lowest BCUT2D eigenvalue weighted by molar-refractivity contribution is -0.156. The predicted molar refractivity (Wildman–Crippen MR) is 118 cm³/mol. The maximum Gasteiger partial charge on any atom is 0.352 e. The second kappa shape index (κ2) is 11.3. The second-order valence-corrected chi connectivity index (χ2v) is 8.20. The molecular weight excluding hydrogens is 378 g/mol. The molecule has 0 saturated carbocycles. The Balaban J connectivity index is 2.01. The molecule has 1 atom stereocenters. The number of rotatable bonds is 9. The van der Waals surface area contributed by atoms with Crippen LogP contribution < -0.4 is 0 Å². The largest absolute Gasteiger partial charge is 0.458 e. The summed E-state index contributed by atoms with van der Waals surface area (Å²) in [5.74, 6) is -0.957. The number of aryl methyl sites for hydroxylation is 1. The van der Waals surface area contributed by atoms with Gasteiger partial charge in [0.2, 0.25) is 0 Å². The van der Waals surface area contributed by atoms with Crippen LogP contribution in [0, 0.1) is 0 Å². The Bertz CT molecular complexity index is 838. The summed E-state index contributed by atoms with van der Waals surface area (Å²) in [4.78, 5) is 29.4. The Hall–Kier alpha value is -2.95. The molecule has 5 nitrogen and oxygen atoms in total. The average Bonchev–Trinajstić information content (AvgIpc) is 2.71. The molecule has 0 radical (unpaired) electrons. The standard InChI is InChI=1S/C25H31NO4/c1-19(23(27)29-18-21-14-9-6-10-15-21)26-22(24(28)30-25(2,3)4)17-11-16-20-12-7-5-8-13-20/h5-10,12-15,22H,11,16-18H2,1-4H3/t22-/m0/s1. The molecule has 0 heterocycles. The van der Waals surface area contributed by atoms with Crippen molar-refractivity contribution < 1.29 is 19.1 Å². The van der Waals surface area contributed by atoms with E-state index in [-0.39, 0.29) is 12.3 Å². The minimum Gasteiger partial charge on any atom is -0.458 e. The number of hydrogen-bond donors (Lipinski definition) is 0. The summed E-state index contributed by atoms with van der Waals surface area (Å²) in [6.45, 7) is 7.18. The molecular formula is C25H31NO4. The molecule has 30 heavy (non-hydrogen) atoms. The highest BCUT2D eigenvalue weighted by Crippen LogP contribution is 2.15. The van der Waals surface area contributed by atoms with E-state index in [0.29, 0.717) is 6.42 Å². The van der Waals surface area contributed by atoms with Gasteiger partial charge in [-0.15, -0.1) is 0 Å². The number of esters is 2. The van der Waals surface area contributed by atoms with Gasteiger partial charge in [0.25, 0.3) is 0 Å². The van der Waals surface area contributed by atoms with Crippen LogP contribution in [0.3, 0.4) is 0 Å². The van der Waals surface area contributed by atoms with E-state index in [4.69, 9.17) is 9.47 Å². The van der Waals surface area contributed by atoms with E-state index in [9.17, 15) is 9.59 Å². The Kier molecular flexibility index (Phi) is 8.78. The van der Waals surface area contributed by atoms with Crippen molar-refractivity contribution in [2.75, 3.05) is 0 Å². The van der Waals surface area contributed by atoms with Crippen molar-refractivity contribution >= 4 is 17.7 Å². The number of hydrogen-bond acceptors (Lipinski definition) is 5. The highest BCUT2D eigenvalue weighted by molar-refractivity contribution is 6.35. The fraction of sp³-hybridized carbons (Fsp3) is 0.400. The monoisotopic (exact) mass is 409 g/mol. The van der Waals surface area contributed by atoms with Crippen molar-refractivity contribution in [3.05, 3.63) is 71.8 Å². The molecule has 0 unspecified atom stereocenters. The van der Waals surface area contributed by atoms with Crippen LogP contribution in [-0.4, -0.2) is 29.3 Å². The molecule has 0 saturated heterocycles. The topological polar surface area (TPSA) is 65.0 Å². The van der Waals surface area contributed by atoms with E-state index in [2.05, 4.69) is 17.1 Å². The summed E-state index contributed by atoms with van der Waals surface area (Å²) in [5, 5.41) is 0. The lowest BCUT2D eigenvalue weighted by Gasteiger charge is -2.22. The number of ether oxygens (including phenoxy) is 2. The number of carbonyl (C=O) groups excluding carboxylic acids is 2. The molecule has 0 aliphatic rings. The maximum absolute atomic E-state index is 12.7. The predicted octanol–water partition coefficient (Wildman–Crippen LogP) is 4.92. The number of carbonyl (C=O) groups is 2. The molecule has 5 heteroatoms. The molecule has 0 amide bonds. The van der Waals surface area contributed by atoms with E-state index < -0.39 is 23.6 Å². The van der Waals surface area contributed by atoms with Gasteiger partial charge in [0.05, 0.1) is 0 Å². The van der Waals surface area contributed by atoms with Crippen LogP contribution in [0.5, 0.6) is 0 Å². The second-order valence-electron chi connectivity index (χ2n) is 8.20. The first-order valence-corrected chi connectivity index (χ1v) is 10.3. The molecule has 0 aliphatic carbocycles. The summed E-state index contributed by atoms with van der Waals surface area (Å²) in [6, 6.07) is 18.8. The summed E-state index contributed by atoms with van der Waals surface area (Å²) in [5.41, 5.74) is 1.64. The van der Waals surface area contributed by atoms with E-state index in [1.165, 1.54) is 5.56 Å². The van der Waals surface area contributed by atoms with Gasteiger partial charge < -0.3 is 9.47 Å². The third-order valence-electron chi connectivity index (χ3n) is 4.32. The van der Waals surface area contributed by atoms with Gasteiger partial charge in [0, 0.05) is 0 Å². The molecule has 0 bridgehead atoms. The minimum absolute atomic E-state index is 0.164. The Morgan fingerprint density at radius 2 is 1.50 bits per heavy atom. The summed E-state index contributed by atoms with van der Waals surface area (Å²) in [7, 11) is 0. The highest BCUT2D eigenvalue weighted by atomic mass is 16.6. The van der Waals surface area contributed by atoms with E-state index in [1.54, 1.807) is 6.92 Å². The third kappa shape index (κ3) is 8.60. The van der Waals surface area contributed by atoms with E-state index in [0.717, 1.165) is 18.4 Å². The van der Waals surface area contributed by atoms with Crippen molar-refractivity contribution in [3.63, 3.8) is 0 Å². The van der Waals surface area contributed by atoms with Crippen molar-refractivity contribution in [1.29, 1.82) is 0 Å². The van der Waals surface area contributed by atoms with Crippen LogP contribution in [0.4, 0.5) is 0 Å². The van der Waals surface area contributed by atoms with Crippen LogP contribution >= 0.6 is 0 Å². The Labute approximate surface area is 179 Å². The molecule has 0 aromatic heterocycles. The van der Waals surface area contributed by atoms with Crippen molar-refractivity contribution in [3.8, 4) is 0 Å². The van der Waals surface area contributed by atoms with Gasteiger partial charge in [0.1, 0.15) is 24.0 Å². The quantitative estimate of drug-likeness (QED) is 0.435. The SMILES string of the molecule is CC(=N[C@@H](CCCc1ccccc1)C(=O)OC(C)(C)C)C(=O)OCc1ccccc1. The summed E-state index contributed by atoms with van der Waals surface area (Å²) in [6.07, 6.45) is 2.07. The molecule has 160 valence electrons. The highest BCUT2D eigenvalue weighted by Gasteiger charge is 2.25. The normalized spacial score (nSPS) is 12.9. The van der Waals surface area contributed by atoms with E-state index in [1.807, 2.05) is 69.3 Å². The smallest absolute Gasteiger partial charge is 0.352 e. The molecule has 2 aromatic rings. The zero-order valence-corrected chi connectivity index (χ0v) is 18.3. The van der Waals surface area contributed by atoms with Crippen molar-refractivity contribution in [1.82, 2.24) is 0 Å². The molecule has 0 aliphatic heterocycles. The Morgan fingerprint density at radius 1 is 0.933 bits per heavy atom. The van der Waals surface area contributed by atoms with Gasteiger partial charge >= 0.3 is 11.9 Å². The third-order valence-corrected chi connectivity index (χ3v) is 4.32. The first-order chi connectivity index (χ1) is 14.2. The van der Waals surface area contributed by atoms with Crippen molar-refractivity contribution in [2.45, 2.75) is 65.2 Å². The van der Waals surface area contributed by atoms with Crippen LogP contribution in [0.1, 0.15) is 51.7 Å². The zero-order valence-electron chi connectivity index (χ0n) is 18.3. The number of nitrogens with zero attached hydrogens (tertiary/aromatic N) is 1. The lowest BCUT2D eigenvalue weighted by Crippen LogP contribution is -2.32. The minimum atomic E-state index is -0.739. The van der Waals surface area contributed by atoms with E-state index >= 15 is 0 Å². The molecule has 0 fully saturated rings. The van der Waals surface area contributed by atoms with Gasteiger partial charge in [-0.3, -0.25) is 4.99 Å². The van der Waals surface area contributed by atoms with Crippen molar-refractivity contribution in [2.24, 2.45) is 4.99 Å². The maximum atomic E-state index is 12.7. The molecule has 0 N–H and O–H groups in total. The van der Waals surface area contributed by atoms with Gasteiger partial charge in [-0.05, 0) is 58.1 Å². The fourth-order valence-corrected chi connectivity index (χ4v) is 2.86. The zero-order chi connectivity index (χ0) is 22.0. The van der Waals surface area contributed by atoms with Crippen LogP contribution in [-0.2, 0) is 32.1 Å². The number of benzene rings is 2. The lowest BCUT2D eigenvalue weighted by atomic mass is 10.0. The van der Waals surface area contributed by atoms with Gasteiger partial charge in [-0.2, -0.15) is 0 Å². The van der Waals surface area contributed by atoms with Crippen LogP contribution in [0.15, 0.2) is 65.7 Å². The van der Waals surface area contributed by atoms with Crippen LogP contribution in [0.2, 0.25) is 0 Å². The first-order valence-electron chi connectivity index (χ1n) is 10.3. The Morgan fingerprint density at radius 3 is 2.07 bits per heavy atom. The van der Waals surface area contributed by atoms with Gasteiger partial charge in [-0.1, -0.05) is 60.7 Å².